The third kappa shape index (κ3) is 3.26. The highest BCUT2D eigenvalue weighted by molar-refractivity contribution is 5.83. The van der Waals surface area contributed by atoms with Gasteiger partial charge in [0.1, 0.15) is 6.33 Å². The molecule has 3 fully saturated rings. The van der Waals surface area contributed by atoms with Crippen molar-refractivity contribution in [2.24, 2.45) is 5.41 Å². The van der Waals surface area contributed by atoms with Gasteiger partial charge in [0.05, 0.1) is 32.2 Å². The second-order valence-corrected chi connectivity index (χ2v) is 8.22. The molecule has 0 spiro atoms. The lowest BCUT2D eigenvalue weighted by molar-refractivity contribution is -0.0248. The average Bonchev–Trinajstić information content (AvgIpc) is 3.17. The first-order valence-electron chi connectivity index (χ1n) is 10.2. The number of aliphatic hydroxyl groups is 1. The summed E-state index contributed by atoms with van der Waals surface area (Å²) in [5.41, 5.74) is 1.52. The minimum atomic E-state index is -0.165. The highest BCUT2D eigenvalue weighted by atomic mass is 16.5. The lowest BCUT2D eigenvalue weighted by Gasteiger charge is -2.44. The Morgan fingerprint density at radius 2 is 1.96 bits per heavy atom. The summed E-state index contributed by atoms with van der Waals surface area (Å²) in [5.74, 6) is 0.902. The number of nitrogens with zero attached hydrogens (tertiary/aromatic N) is 6. The van der Waals surface area contributed by atoms with E-state index in [0.717, 1.165) is 69.2 Å². The van der Waals surface area contributed by atoms with Gasteiger partial charge in [-0.15, -0.1) is 0 Å². The Labute approximate surface area is 164 Å². The van der Waals surface area contributed by atoms with Crippen molar-refractivity contribution in [1.29, 1.82) is 0 Å². The van der Waals surface area contributed by atoms with Crippen molar-refractivity contribution >= 4 is 17.0 Å². The number of piperazine rings is 1. The molecule has 9 heteroatoms. The molecule has 1 N–H and O–H groups in total. The van der Waals surface area contributed by atoms with Crippen LogP contribution in [0.25, 0.3) is 11.2 Å². The van der Waals surface area contributed by atoms with Crippen LogP contribution in [0.15, 0.2) is 12.7 Å². The molecule has 9 nitrogen and oxygen atoms in total. The summed E-state index contributed by atoms with van der Waals surface area (Å²) in [5, 5.41) is 10.0. The first-order chi connectivity index (χ1) is 13.8. The Kier molecular flexibility index (Phi) is 4.92. The fraction of sp³-hybridized carbons (Fsp3) is 0.737. The molecular formula is C19H28N6O3. The lowest BCUT2D eigenvalue weighted by atomic mass is 9.81. The standard InChI is InChI=1S/C19H28N6O3/c26-12-19(1-6-27-7-2-19)11-25-14-22-16-17(20-13-21-18(16)25)24-4-3-23-5-8-28-10-15(23)9-24/h13-15,26H,1-12H2. The van der Waals surface area contributed by atoms with Crippen LogP contribution in [0.1, 0.15) is 12.8 Å². The zero-order valence-corrected chi connectivity index (χ0v) is 16.2. The molecule has 3 aliphatic heterocycles. The molecule has 0 bridgehead atoms. The number of aromatic nitrogens is 4. The van der Waals surface area contributed by atoms with Crippen molar-refractivity contribution in [2.45, 2.75) is 25.4 Å². The van der Waals surface area contributed by atoms with E-state index in [0.29, 0.717) is 25.8 Å². The van der Waals surface area contributed by atoms with Crippen molar-refractivity contribution in [3.63, 3.8) is 0 Å². The highest BCUT2D eigenvalue weighted by Crippen LogP contribution is 2.33. The first-order valence-corrected chi connectivity index (χ1v) is 10.2. The molecule has 3 aliphatic rings. The number of anilines is 1. The van der Waals surface area contributed by atoms with Gasteiger partial charge in [0.2, 0.25) is 0 Å². The van der Waals surface area contributed by atoms with Crippen molar-refractivity contribution in [3.05, 3.63) is 12.7 Å². The SMILES string of the molecule is OCC1(Cn2cnc3c(N4CCN5CCOCC5C4)ncnc32)CCOCC1. The van der Waals surface area contributed by atoms with Crippen LogP contribution in [-0.4, -0.2) is 94.8 Å². The minimum absolute atomic E-state index is 0.150. The molecule has 28 heavy (non-hydrogen) atoms. The Bertz CT molecular complexity index is 821. The van der Waals surface area contributed by atoms with E-state index < -0.39 is 0 Å². The van der Waals surface area contributed by atoms with Crippen LogP contribution in [0.4, 0.5) is 5.82 Å². The molecule has 5 heterocycles. The number of hydrogen-bond acceptors (Lipinski definition) is 8. The maximum Gasteiger partial charge on any atom is 0.165 e. The van der Waals surface area contributed by atoms with Gasteiger partial charge in [-0.1, -0.05) is 0 Å². The minimum Gasteiger partial charge on any atom is -0.396 e. The predicted molar refractivity (Wildman–Crippen MR) is 103 cm³/mol. The predicted octanol–water partition coefficient (Wildman–Crippen LogP) is 0.136. The van der Waals surface area contributed by atoms with Crippen LogP contribution in [0.2, 0.25) is 0 Å². The molecule has 0 aromatic carbocycles. The fourth-order valence-electron chi connectivity index (χ4n) is 4.69. The van der Waals surface area contributed by atoms with Gasteiger partial charge in [-0.2, -0.15) is 0 Å². The molecule has 1 atom stereocenters. The van der Waals surface area contributed by atoms with Crippen LogP contribution in [0.3, 0.4) is 0 Å². The van der Waals surface area contributed by atoms with E-state index in [1.165, 1.54) is 0 Å². The summed E-state index contributed by atoms with van der Waals surface area (Å²) in [4.78, 5) is 18.6. The van der Waals surface area contributed by atoms with E-state index in [9.17, 15) is 5.11 Å². The number of fused-ring (bicyclic) bond motifs is 2. The zero-order valence-electron chi connectivity index (χ0n) is 16.2. The van der Waals surface area contributed by atoms with E-state index in [-0.39, 0.29) is 12.0 Å². The van der Waals surface area contributed by atoms with E-state index in [1.807, 2.05) is 6.33 Å². The van der Waals surface area contributed by atoms with Crippen LogP contribution in [-0.2, 0) is 16.0 Å². The molecular weight excluding hydrogens is 360 g/mol. The van der Waals surface area contributed by atoms with Crippen molar-refractivity contribution in [2.75, 3.05) is 64.1 Å². The van der Waals surface area contributed by atoms with Gasteiger partial charge < -0.3 is 24.0 Å². The lowest BCUT2D eigenvalue weighted by Crippen LogP contribution is -2.58. The molecule has 1 unspecified atom stereocenters. The first kappa shape index (κ1) is 18.2. The maximum absolute atomic E-state index is 10.0. The smallest absolute Gasteiger partial charge is 0.165 e. The summed E-state index contributed by atoms with van der Waals surface area (Å²) in [6.07, 6.45) is 5.18. The second kappa shape index (κ2) is 7.55. The molecule has 0 radical (unpaired) electrons. The molecule has 0 amide bonds. The molecule has 5 rings (SSSR count). The van der Waals surface area contributed by atoms with Crippen LogP contribution in [0.5, 0.6) is 0 Å². The summed E-state index contributed by atoms with van der Waals surface area (Å²) in [7, 11) is 0. The molecule has 2 aromatic heterocycles. The Balaban J connectivity index is 1.41. The Hall–Kier alpha value is -1.81. The molecule has 2 aromatic rings. The number of imidazole rings is 1. The zero-order chi connectivity index (χ0) is 19.0. The fourth-order valence-corrected chi connectivity index (χ4v) is 4.69. The summed E-state index contributed by atoms with van der Waals surface area (Å²) < 4.78 is 13.2. The van der Waals surface area contributed by atoms with E-state index in [1.54, 1.807) is 6.33 Å². The Morgan fingerprint density at radius 3 is 2.82 bits per heavy atom. The third-order valence-electron chi connectivity index (χ3n) is 6.51. The molecule has 3 saturated heterocycles. The number of hydrogen-bond donors (Lipinski definition) is 1. The van der Waals surface area contributed by atoms with Crippen LogP contribution < -0.4 is 4.90 Å². The van der Waals surface area contributed by atoms with E-state index >= 15 is 0 Å². The number of rotatable bonds is 4. The van der Waals surface area contributed by atoms with E-state index in [4.69, 9.17) is 9.47 Å². The van der Waals surface area contributed by atoms with Crippen molar-refractivity contribution in [1.82, 2.24) is 24.4 Å². The van der Waals surface area contributed by atoms with Crippen LogP contribution in [0, 0.1) is 5.41 Å². The maximum atomic E-state index is 10.0. The van der Waals surface area contributed by atoms with Gasteiger partial charge >= 0.3 is 0 Å². The quantitative estimate of drug-likeness (QED) is 0.791. The molecule has 152 valence electrons. The topological polar surface area (TPSA) is 88.8 Å². The second-order valence-electron chi connectivity index (χ2n) is 8.22. The largest absolute Gasteiger partial charge is 0.396 e. The van der Waals surface area contributed by atoms with Gasteiger partial charge in [0.15, 0.2) is 17.0 Å². The third-order valence-corrected chi connectivity index (χ3v) is 6.51. The van der Waals surface area contributed by atoms with E-state index in [2.05, 4.69) is 29.3 Å². The highest BCUT2D eigenvalue weighted by Gasteiger charge is 2.34. The molecule has 0 saturated carbocycles. The van der Waals surface area contributed by atoms with Crippen molar-refractivity contribution < 1.29 is 14.6 Å². The molecule has 0 aliphatic carbocycles. The number of ether oxygens (including phenoxy) is 2. The van der Waals surface area contributed by atoms with Gasteiger partial charge in [0.25, 0.3) is 0 Å². The number of aliphatic hydroxyl groups excluding tert-OH is 1. The van der Waals surface area contributed by atoms with Crippen LogP contribution >= 0.6 is 0 Å². The van der Waals surface area contributed by atoms with Gasteiger partial charge in [-0.05, 0) is 12.8 Å². The summed E-state index contributed by atoms with van der Waals surface area (Å²) >= 11 is 0. The summed E-state index contributed by atoms with van der Waals surface area (Å²) in [6.45, 7) is 7.72. The normalized spacial score (nSPS) is 25.8. The monoisotopic (exact) mass is 388 g/mol. The summed E-state index contributed by atoms with van der Waals surface area (Å²) in [6, 6.07) is 0.412. The van der Waals surface area contributed by atoms with Gasteiger partial charge in [-0.3, -0.25) is 4.90 Å². The van der Waals surface area contributed by atoms with Gasteiger partial charge in [0, 0.05) is 51.4 Å². The number of morpholine rings is 1. The van der Waals surface area contributed by atoms with Gasteiger partial charge in [-0.25, -0.2) is 15.0 Å². The Morgan fingerprint density at radius 1 is 1.07 bits per heavy atom. The van der Waals surface area contributed by atoms with Crippen molar-refractivity contribution in [3.8, 4) is 0 Å². The average molecular weight is 388 g/mol.